The first kappa shape index (κ1) is 19.7. The van der Waals surface area contributed by atoms with Crippen molar-refractivity contribution in [3.05, 3.63) is 35.4 Å². The number of nitrogens with one attached hydrogen (secondary N) is 2. The van der Waals surface area contributed by atoms with Crippen LogP contribution in [0.5, 0.6) is 0 Å². The van der Waals surface area contributed by atoms with E-state index in [1.165, 1.54) is 37.1 Å². The summed E-state index contributed by atoms with van der Waals surface area (Å²) >= 11 is 0. The van der Waals surface area contributed by atoms with Crippen molar-refractivity contribution in [2.24, 2.45) is 10.9 Å². The Morgan fingerprint density at radius 1 is 1.24 bits per heavy atom. The molecule has 2 rings (SSSR count). The number of likely N-dealkylation sites (tertiary alicyclic amines) is 1. The number of rotatable bonds is 8. The second kappa shape index (κ2) is 11.1. The highest BCUT2D eigenvalue weighted by Crippen LogP contribution is 2.18. The zero-order valence-corrected chi connectivity index (χ0v) is 16.1. The van der Waals surface area contributed by atoms with Gasteiger partial charge in [-0.2, -0.15) is 0 Å². The van der Waals surface area contributed by atoms with Crippen LogP contribution in [-0.4, -0.2) is 50.8 Å². The Balaban J connectivity index is 1.89. The predicted octanol–water partition coefficient (Wildman–Crippen LogP) is 2.62. The molecule has 2 N–H and O–H groups in total. The van der Waals surface area contributed by atoms with Crippen molar-refractivity contribution in [2.75, 3.05) is 39.9 Å². The van der Waals surface area contributed by atoms with Gasteiger partial charge < -0.3 is 15.4 Å². The molecule has 25 heavy (non-hydrogen) atoms. The fourth-order valence-corrected chi connectivity index (χ4v) is 3.09. The zero-order valence-electron chi connectivity index (χ0n) is 16.1. The Hall–Kier alpha value is -1.59. The van der Waals surface area contributed by atoms with Crippen molar-refractivity contribution in [1.82, 2.24) is 15.5 Å². The van der Waals surface area contributed by atoms with E-state index in [1.54, 1.807) is 7.11 Å². The van der Waals surface area contributed by atoms with Crippen LogP contribution in [0.15, 0.2) is 29.3 Å². The van der Waals surface area contributed by atoms with Gasteiger partial charge >= 0.3 is 0 Å². The maximum atomic E-state index is 5.08. The standard InChI is InChI=1S/C20H34N4O/c1-4-21-20(22-10-13-25-3)23-15-18-6-5-7-19(14-18)16-24-11-8-17(2)9-12-24/h5-7,14,17H,4,8-13,15-16H2,1-3H3,(H2,21,22,23). The van der Waals surface area contributed by atoms with Gasteiger partial charge in [-0.3, -0.25) is 4.90 Å². The highest BCUT2D eigenvalue weighted by molar-refractivity contribution is 5.79. The van der Waals surface area contributed by atoms with E-state index in [9.17, 15) is 0 Å². The second-order valence-corrected chi connectivity index (χ2v) is 6.89. The van der Waals surface area contributed by atoms with Crippen molar-refractivity contribution in [3.8, 4) is 0 Å². The minimum absolute atomic E-state index is 0.675. The van der Waals surface area contributed by atoms with Gasteiger partial charge in [-0.25, -0.2) is 4.99 Å². The minimum Gasteiger partial charge on any atom is -0.383 e. The van der Waals surface area contributed by atoms with Crippen molar-refractivity contribution in [1.29, 1.82) is 0 Å². The van der Waals surface area contributed by atoms with E-state index < -0.39 is 0 Å². The van der Waals surface area contributed by atoms with Gasteiger partial charge in [0.15, 0.2) is 5.96 Å². The van der Waals surface area contributed by atoms with Crippen LogP contribution in [0.4, 0.5) is 0 Å². The number of aliphatic imine (C=N–C) groups is 1. The number of hydrogen-bond acceptors (Lipinski definition) is 3. The number of hydrogen-bond donors (Lipinski definition) is 2. The maximum Gasteiger partial charge on any atom is 0.191 e. The highest BCUT2D eigenvalue weighted by Gasteiger charge is 2.15. The largest absolute Gasteiger partial charge is 0.383 e. The smallest absolute Gasteiger partial charge is 0.191 e. The molecule has 0 atom stereocenters. The molecule has 1 heterocycles. The van der Waals surface area contributed by atoms with Gasteiger partial charge in [0, 0.05) is 26.7 Å². The predicted molar refractivity (Wildman–Crippen MR) is 105 cm³/mol. The lowest BCUT2D eigenvalue weighted by molar-refractivity contribution is 0.185. The summed E-state index contributed by atoms with van der Waals surface area (Å²) in [6.07, 6.45) is 2.65. The van der Waals surface area contributed by atoms with Gasteiger partial charge in [-0.1, -0.05) is 31.2 Å². The van der Waals surface area contributed by atoms with Crippen molar-refractivity contribution < 1.29 is 4.74 Å². The van der Waals surface area contributed by atoms with Crippen LogP contribution in [0.3, 0.4) is 0 Å². The Labute approximate surface area is 152 Å². The molecular formula is C20H34N4O. The molecule has 5 nitrogen and oxygen atoms in total. The minimum atomic E-state index is 0.675. The number of ether oxygens (including phenoxy) is 1. The quantitative estimate of drug-likeness (QED) is 0.432. The molecule has 5 heteroatoms. The normalized spacial score (nSPS) is 16.8. The van der Waals surface area contributed by atoms with Crippen LogP contribution in [0.1, 0.15) is 37.8 Å². The van der Waals surface area contributed by atoms with E-state index in [0.29, 0.717) is 13.2 Å². The molecule has 0 saturated carbocycles. The van der Waals surface area contributed by atoms with E-state index in [1.807, 2.05) is 0 Å². The molecular weight excluding hydrogens is 312 g/mol. The molecule has 140 valence electrons. The first-order chi connectivity index (χ1) is 12.2. The van der Waals surface area contributed by atoms with Crippen LogP contribution < -0.4 is 10.6 Å². The van der Waals surface area contributed by atoms with E-state index >= 15 is 0 Å². The van der Waals surface area contributed by atoms with Crippen LogP contribution in [0.2, 0.25) is 0 Å². The van der Waals surface area contributed by atoms with Crippen LogP contribution in [0.25, 0.3) is 0 Å². The van der Waals surface area contributed by atoms with E-state index in [2.05, 4.69) is 58.6 Å². The van der Waals surface area contributed by atoms with Crippen molar-refractivity contribution in [3.63, 3.8) is 0 Å². The second-order valence-electron chi connectivity index (χ2n) is 6.89. The molecule has 0 radical (unpaired) electrons. The summed E-state index contributed by atoms with van der Waals surface area (Å²) in [6.45, 7) is 10.9. The van der Waals surface area contributed by atoms with Crippen LogP contribution in [0, 0.1) is 5.92 Å². The average molecular weight is 347 g/mol. The van der Waals surface area contributed by atoms with Crippen molar-refractivity contribution in [2.45, 2.75) is 39.8 Å². The van der Waals surface area contributed by atoms with Gasteiger partial charge in [0.1, 0.15) is 0 Å². The topological polar surface area (TPSA) is 48.9 Å². The van der Waals surface area contributed by atoms with Crippen molar-refractivity contribution >= 4 is 5.96 Å². The van der Waals surface area contributed by atoms with Crippen LogP contribution in [-0.2, 0) is 17.8 Å². The molecule has 1 saturated heterocycles. The third-order valence-electron chi connectivity index (χ3n) is 4.64. The number of piperidine rings is 1. The van der Waals surface area contributed by atoms with Gasteiger partial charge in [0.2, 0.25) is 0 Å². The van der Waals surface area contributed by atoms with Gasteiger partial charge in [-0.15, -0.1) is 0 Å². The van der Waals surface area contributed by atoms with E-state index in [4.69, 9.17) is 4.74 Å². The molecule has 0 unspecified atom stereocenters. The number of nitrogens with zero attached hydrogens (tertiary/aromatic N) is 2. The summed E-state index contributed by atoms with van der Waals surface area (Å²) in [7, 11) is 1.71. The molecule has 1 aliphatic heterocycles. The Kier molecular flexibility index (Phi) is 8.77. The summed E-state index contributed by atoms with van der Waals surface area (Å²) in [5, 5.41) is 6.55. The molecule has 0 amide bonds. The summed E-state index contributed by atoms with van der Waals surface area (Å²) in [5.41, 5.74) is 2.64. The Morgan fingerprint density at radius 2 is 2.00 bits per heavy atom. The summed E-state index contributed by atoms with van der Waals surface area (Å²) < 4.78 is 5.08. The summed E-state index contributed by atoms with van der Waals surface area (Å²) in [4.78, 5) is 7.25. The fourth-order valence-electron chi connectivity index (χ4n) is 3.09. The molecule has 1 aromatic carbocycles. The van der Waals surface area contributed by atoms with E-state index in [-0.39, 0.29) is 0 Å². The zero-order chi connectivity index (χ0) is 17.9. The molecule has 1 fully saturated rings. The Morgan fingerprint density at radius 3 is 2.72 bits per heavy atom. The molecule has 0 spiro atoms. The summed E-state index contributed by atoms with van der Waals surface area (Å²) in [5.74, 6) is 1.72. The first-order valence-electron chi connectivity index (χ1n) is 9.52. The lowest BCUT2D eigenvalue weighted by Crippen LogP contribution is -2.38. The number of benzene rings is 1. The van der Waals surface area contributed by atoms with Gasteiger partial charge in [-0.05, 0) is 49.9 Å². The first-order valence-corrected chi connectivity index (χ1v) is 9.52. The highest BCUT2D eigenvalue weighted by atomic mass is 16.5. The molecule has 1 aliphatic rings. The number of guanidine groups is 1. The van der Waals surface area contributed by atoms with Gasteiger partial charge in [0.05, 0.1) is 13.2 Å². The summed E-state index contributed by atoms with van der Waals surface area (Å²) in [6, 6.07) is 8.83. The SMILES string of the molecule is CCNC(=NCc1cccc(CN2CCC(C)CC2)c1)NCCOC. The molecule has 0 aliphatic carbocycles. The number of methoxy groups -OCH3 is 1. The van der Waals surface area contributed by atoms with Gasteiger partial charge in [0.25, 0.3) is 0 Å². The van der Waals surface area contributed by atoms with E-state index in [0.717, 1.165) is 31.5 Å². The lowest BCUT2D eigenvalue weighted by atomic mass is 9.98. The lowest BCUT2D eigenvalue weighted by Gasteiger charge is -2.30. The Bertz CT molecular complexity index is 524. The molecule has 0 bridgehead atoms. The molecule has 1 aromatic rings. The monoisotopic (exact) mass is 346 g/mol. The fraction of sp³-hybridized carbons (Fsp3) is 0.650. The molecule has 0 aromatic heterocycles. The third kappa shape index (κ3) is 7.45. The third-order valence-corrected chi connectivity index (χ3v) is 4.64. The van der Waals surface area contributed by atoms with Crippen LogP contribution >= 0.6 is 0 Å². The average Bonchev–Trinajstić information content (AvgIpc) is 2.62. The maximum absolute atomic E-state index is 5.08.